The molecule has 0 spiro atoms. The Morgan fingerprint density at radius 1 is 1.17 bits per heavy atom. The Kier molecular flexibility index (Phi) is 4.58. The van der Waals surface area contributed by atoms with E-state index < -0.39 is 17.4 Å². The molecule has 9 heteroatoms. The lowest BCUT2D eigenvalue weighted by molar-refractivity contribution is -0.136. The first-order chi connectivity index (χ1) is 8.11. The lowest BCUT2D eigenvalue weighted by Gasteiger charge is -2.26. The minimum Gasteiger partial charge on any atom is -0.394 e. The Morgan fingerprint density at radius 2 is 1.67 bits per heavy atom. The third-order valence-electron chi connectivity index (χ3n) is 2.47. The fraction of sp³-hybridized carbons (Fsp3) is 0.556. The molecule has 1 rings (SSSR count). The van der Waals surface area contributed by atoms with Gasteiger partial charge in [-0.05, 0) is 25.6 Å². The second kappa shape index (κ2) is 5.42. The van der Waals surface area contributed by atoms with Gasteiger partial charge in [-0.3, -0.25) is 14.5 Å². The van der Waals surface area contributed by atoms with Gasteiger partial charge in [-0.25, -0.2) is 0 Å². The highest BCUT2D eigenvalue weighted by Crippen LogP contribution is 2.17. The van der Waals surface area contributed by atoms with Gasteiger partial charge in [0.1, 0.15) is 0 Å². The van der Waals surface area contributed by atoms with Crippen molar-refractivity contribution in [1.29, 1.82) is 0 Å². The Labute approximate surface area is 107 Å². The van der Waals surface area contributed by atoms with Gasteiger partial charge in [0.25, 0.3) is 11.8 Å². The molecule has 0 atom stereocenters. The van der Waals surface area contributed by atoms with Crippen LogP contribution in [-0.2, 0) is 13.7 Å². The van der Waals surface area contributed by atoms with E-state index in [9.17, 15) is 9.59 Å². The predicted octanol–water partition coefficient (Wildman–Crippen LogP) is -1.06. The van der Waals surface area contributed by atoms with Gasteiger partial charge in [0.15, 0.2) is 8.32 Å². The van der Waals surface area contributed by atoms with E-state index >= 15 is 0 Å². The van der Waals surface area contributed by atoms with Crippen LogP contribution in [0.3, 0.4) is 0 Å². The Bertz CT molecular complexity index is 358. The third kappa shape index (κ3) is 4.80. The summed E-state index contributed by atoms with van der Waals surface area (Å²) in [5.74, 6) is -0.675. The molecule has 7 nitrogen and oxygen atoms in total. The van der Waals surface area contributed by atoms with Gasteiger partial charge in [0.2, 0.25) is 0 Å². The number of imide groups is 1. The van der Waals surface area contributed by atoms with Crippen molar-refractivity contribution in [3.05, 3.63) is 12.2 Å². The number of nitrogens with zero attached hydrogens (tertiary/aromatic N) is 1. The second-order valence-electron chi connectivity index (χ2n) is 4.70. The zero-order valence-corrected chi connectivity index (χ0v) is 12.3. The van der Waals surface area contributed by atoms with Crippen LogP contribution in [0.2, 0.25) is 19.1 Å². The smallest absolute Gasteiger partial charge is 0.394 e. The van der Waals surface area contributed by atoms with E-state index in [0.717, 1.165) is 4.90 Å². The van der Waals surface area contributed by atoms with Crippen LogP contribution in [0, 0.1) is 0 Å². The van der Waals surface area contributed by atoms with Gasteiger partial charge in [0, 0.05) is 18.7 Å². The molecule has 0 aliphatic carbocycles. The number of carbonyl (C=O) groups is 2. The molecule has 2 amide bonds. The molecular formula is C9H17NO6Si2. The summed E-state index contributed by atoms with van der Waals surface area (Å²) in [6.45, 7) is 3.72. The first kappa shape index (κ1) is 15.2. The molecule has 0 aromatic rings. The normalized spacial score (nSPS) is 16.8. The van der Waals surface area contributed by atoms with Crippen molar-refractivity contribution in [2.45, 2.75) is 25.6 Å². The van der Waals surface area contributed by atoms with Crippen LogP contribution < -0.4 is 0 Å². The minimum atomic E-state index is -4.50. The monoisotopic (exact) mass is 291 g/mol. The molecule has 0 radical (unpaired) electrons. The molecule has 1 heterocycles. The van der Waals surface area contributed by atoms with E-state index in [4.69, 9.17) is 18.5 Å². The van der Waals surface area contributed by atoms with Crippen molar-refractivity contribution in [3.8, 4) is 0 Å². The van der Waals surface area contributed by atoms with Crippen LogP contribution in [0.5, 0.6) is 0 Å². The van der Waals surface area contributed by atoms with Gasteiger partial charge in [-0.15, -0.1) is 0 Å². The Hall–Kier alpha value is -0.846. The highest BCUT2D eigenvalue weighted by Gasteiger charge is 2.39. The molecule has 1 aliphatic heterocycles. The van der Waals surface area contributed by atoms with Gasteiger partial charge in [-0.1, -0.05) is 0 Å². The molecule has 0 unspecified atom stereocenters. The maximum absolute atomic E-state index is 11.3. The molecule has 3 N–H and O–H groups in total. The van der Waals surface area contributed by atoms with E-state index in [1.165, 1.54) is 12.2 Å². The quantitative estimate of drug-likeness (QED) is 0.425. The molecule has 102 valence electrons. The Balaban J connectivity index is 2.38. The molecule has 18 heavy (non-hydrogen) atoms. The lowest BCUT2D eigenvalue weighted by atomic mass is 10.4. The second-order valence-corrected chi connectivity index (χ2v) is 10.7. The largest absolute Gasteiger partial charge is 0.660 e. The van der Waals surface area contributed by atoms with Gasteiger partial charge >= 0.3 is 9.05 Å². The summed E-state index contributed by atoms with van der Waals surface area (Å²) in [7, 11) is -6.91. The number of carbonyl (C=O) groups excluding carboxylic acids is 2. The van der Waals surface area contributed by atoms with Gasteiger partial charge < -0.3 is 18.5 Å². The highest BCUT2D eigenvalue weighted by molar-refractivity contribution is 6.78. The average Bonchev–Trinajstić information content (AvgIpc) is 2.44. The van der Waals surface area contributed by atoms with Crippen molar-refractivity contribution in [2.75, 3.05) is 6.54 Å². The zero-order chi connectivity index (χ0) is 14.0. The van der Waals surface area contributed by atoms with Crippen LogP contribution in [0.15, 0.2) is 12.2 Å². The maximum Gasteiger partial charge on any atom is 0.660 e. The SMILES string of the molecule is C[Si](C)(CCCN1C(=O)C=CC1=O)O[Si](O)(O)O. The highest BCUT2D eigenvalue weighted by atomic mass is 28.5. The van der Waals surface area contributed by atoms with Crippen molar-refractivity contribution in [1.82, 2.24) is 4.90 Å². The van der Waals surface area contributed by atoms with Crippen LogP contribution in [0.4, 0.5) is 0 Å². The summed E-state index contributed by atoms with van der Waals surface area (Å²) in [5, 5.41) is 0. The van der Waals surface area contributed by atoms with E-state index in [1.807, 2.05) is 0 Å². The summed E-state index contributed by atoms with van der Waals surface area (Å²) in [4.78, 5) is 50.3. The molecule has 0 saturated heterocycles. The minimum absolute atomic E-state index is 0.265. The van der Waals surface area contributed by atoms with E-state index in [-0.39, 0.29) is 18.4 Å². The van der Waals surface area contributed by atoms with Gasteiger partial charge in [0.05, 0.1) is 0 Å². The summed E-state index contributed by atoms with van der Waals surface area (Å²) < 4.78 is 4.88. The molecule has 0 fully saturated rings. The molecule has 0 saturated carbocycles. The summed E-state index contributed by atoms with van der Waals surface area (Å²) in [5.41, 5.74) is 0. The van der Waals surface area contributed by atoms with Crippen molar-refractivity contribution < 1.29 is 28.1 Å². The number of hydrogen-bond acceptors (Lipinski definition) is 6. The molecule has 0 aromatic carbocycles. The van der Waals surface area contributed by atoms with E-state index in [2.05, 4.69) is 0 Å². The van der Waals surface area contributed by atoms with Crippen LogP contribution in [-0.4, -0.2) is 55.0 Å². The van der Waals surface area contributed by atoms with Gasteiger partial charge in [-0.2, -0.15) is 0 Å². The third-order valence-corrected chi connectivity index (χ3v) is 7.34. The molecule has 0 aromatic heterocycles. The van der Waals surface area contributed by atoms with Crippen molar-refractivity contribution >= 4 is 29.2 Å². The zero-order valence-electron chi connectivity index (χ0n) is 10.3. The van der Waals surface area contributed by atoms with E-state index in [1.54, 1.807) is 13.1 Å². The topological polar surface area (TPSA) is 107 Å². The van der Waals surface area contributed by atoms with E-state index in [0.29, 0.717) is 12.5 Å². The first-order valence-electron chi connectivity index (χ1n) is 5.51. The molecule has 0 bridgehead atoms. The predicted molar refractivity (Wildman–Crippen MR) is 66.3 cm³/mol. The standard InChI is InChI=1S/C9H17NO6Si2/c1-17(2,16-18(13,14)15)7-3-6-10-8(11)4-5-9(10)12/h4-5,13-15H,3,6-7H2,1-2H3. The number of hydrogen-bond donors (Lipinski definition) is 3. The maximum atomic E-state index is 11.3. The lowest BCUT2D eigenvalue weighted by Crippen LogP contribution is -2.49. The number of amides is 2. The van der Waals surface area contributed by atoms with Crippen LogP contribution >= 0.6 is 0 Å². The number of rotatable bonds is 6. The summed E-state index contributed by atoms with van der Waals surface area (Å²) in [6.07, 6.45) is 2.94. The first-order valence-corrected chi connectivity index (χ1v) is 10.4. The Morgan fingerprint density at radius 3 is 2.11 bits per heavy atom. The van der Waals surface area contributed by atoms with Crippen molar-refractivity contribution in [3.63, 3.8) is 0 Å². The van der Waals surface area contributed by atoms with Crippen LogP contribution in [0.25, 0.3) is 0 Å². The molecular weight excluding hydrogens is 274 g/mol. The molecule has 1 aliphatic rings. The average molecular weight is 291 g/mol. The summed E-state index contributed by atoms with van der Waals surface area (Å²) in [6, 6.07) is 0.500. The fourth-order valence-corrected chi connectivity index (χ4v) is 6.12. The van der Waals surface area contributed by atoms with Crippen molar-refractivity contribution in [2.24, 2.45) is 0 Å². The fourth-order valence-electron chi connectivity index (χ4n) is 1.74. The summed E-state index contributed by atoms with van der Waals surface area (Å²) >= 11 is 0. The van der Waals surface area contributed by atoms with Crippen LogP contribution in [0.1, 0.15) is 6.42 Å².